The third-order valence-corrected chi connectivity index (χ3v) is 11.3. The Bertz CT molecular complexity index is 2130. The molecule has 0 spiro atoms. The minimum absolute atomic E-state index is 0.0269. The summed E-state index contributed by atoms with van der Waals surface area (Å²) in [5, 5.41) is 12.2. The molecule has 2 N–H and O–H groups in total. The van der Waals surface area contributed by atoms with Crippen LogP contribution in [0.4, 0.5) is 4.79 Å². The number of aliphatic hydroxyl groups is 1. The van der Waals surface area contributed by atoms with Crippen molar-refractivity contribution in [3.63, 3.8) is 0 Å². The van der Waals surface area contributed by atoms with Crippen LogP contribution in [0.25, 0.3) is 11.1 Å². The lowest BCUT2D eigenvalue weighted by atomic mass is 9.91. The Balaban J connectivity index is 1.02. The maximum Gasteiger partial charge on any atom is 0.408 e. The lowest BCUT2D eigenvalue weighted by molar-refractivity contribution is -0.268. The lowest BCUT2D eigenvalue weighted by Crippen LogP contribution is -2.41. The van der Waals surface area contributed by atoms with Crippen molar-refractivity contribution in [2.24, 2.45) is 5.92 Å². The molecule has 288 valence electrons. The molecule has 5 aromatic carbocycles. The minimum Gasteiger partial charge on any atom is -0.496 e. The number of thioether (sulfide) groups is 1. The first kappa shape index (κ1) is 38.8. The molecule has 5 aromatic rings. The van der Waals surface area contributed by atoms with E-state index in [2.05, 4.69) is 12.2 Å². The summed E-state index contributed by atoms with van der Waals surface area (Å²) in [6.45, 7) is 2.26. The number of carbonyl (C=O) groups excluding carboxylic acids is 3. The van der Waals surface area contributed by atoms with E-state index in [1.165, 1.54) is 4.90 Å². The number of hydrogen-bond acceptors (Lipinski definition) is 9. The quantitative estimate of drug-likeness (QED) is 0.0906. The van der Waals surface area contributed by atoms with E-state index >= 15 is 0 Å². The van der Waals surface area contributed by atoms with E-state index in [4.69, 9.17) is 18.9 Å². The lowest BCUT2D eigenvalue weighted by Gasteiger charge is -2.41. The van der Waals surface area contributed by atoms with E-state index in [9.17, 15) is 19.5 Å². The fourth-order valence-electron chi connectivity index (χ4n) is 6.95. The maximum atomic E-state index is 13.2. The zero-order valence-corrected chi connectivity index (χ0v) is 32.0. The molecule has 2 aliphatic heterocycles. The van der Waals surface area contributed by atoms with Gasteiger partial charge in [0.15, 0.2) is 6.29 Å². The van der Waals surface area contributed by atoms with Crippen molar-refractivity contribution >= 4 is 29.7 Å². The number of ether oxygens (including phenoxy) is 4. The number of rotatable bonds is 13. The first-order chi connectivity index (χ1) is 27.3. The summed E-state index contributed by atoms with van der Waals surface area (Å²) < 4.78 is 24.2. The van der Waals surface area contributed by atoms with Crippen LogP contribution in [0.2, 0.25) is 0 Å². The van der Waals surface area contributed by atoms with Gasteiger partial charge in [-0.2, -0.15) is 0 Å². The second-order valence-electron chi connectivity index (χ2n) is 13.9. The average Bonchev–Trinajstić information content (AvgIpc) is 3.50. The van der Waals surface area contributed by atoms with E-state index in [-0.39, 0.29) is 50.2 Å². The number of nitrogens with one attached hydrogen (secondary N) is 1. The summed E-state index contributed by atoms with van der Waals surface area (Å²) in [7, 11) is 1.67. The number of hydrogen-bond donors (Lipinski definition) is 2. The van der Waals surface area contributed by atoms with Crippen LogP contribution in [0, 0.1) is 5.92 Å². The van der Waals surface area contributed by atoms with Gasteiger partial charge in [-0.15, -0.1) is 11.8 Å². The van der Waals surface area contributed by atoms with Gasteiger partial charge in [0.25, 0.3) is 5.91 Å². The number of aliphatic hydroxyl groups excluding tert-OH is 1. The fourth-order valence-corrected chi connectivity index (χ4v) is 8.15. The molecule has 0 aliphatic carbocycles. The topological polar surface area (TPSA) is 124 Å². The van der Waals surface area contributed by atoms with Gasteiger partial charge in [0.05, 0.1) is 38.9 Å². The van der Waals surface area contributed by atoms with E-state index in [1.54, 1.807) is 18.9 Å². The Morgan fingerprint density at radius 2 is 1.54 bits per heavy atom. The molecule has 2 fully saturated rings. The number of methoxy groups -OCH3 is 1. The molecule has 7 rings (SSSR count). The van der Waals surface area contributed by atoms with Crippen molar-refractivity contribution in [1.82, 2.24) is 10.2 Å². The average molecular weight is 773 g/mol. The SMILES string of the molecule is COc1ccccc1SCC1OC(c2ccc(-c3cccc(CN4C(=O)CC(NC(=O)OCc5ccccc5)C4=O)c3)cc2)OC(c2ccc(CO)cc2)C1C. The maximum absolute atomic E-state index is 13.2. The Labute approximate surface area is 330 Å². The van der Waals surface area contributed by atoms with Gasteiger partial charge in [0.2, 0.25) is 5.91 Å². The summed E-state index contributed by atoms with van der Waals surface area (Å²) >= 11 is 1.69. The number of amides is 3. The zero-order chi connectivity index (χ0) is 39.0. The van der Waals surface area contributed by atoms with Crippen LogP contribution in [0.3, 0.4) is 0 Å². The summed E-state index contributed by atoms with van der Waals surface area (Å²) in [6, 6.07) is 39.8. The van der Waals surface area contributed by atoms with Crippen LogP contribution >= 0.6 is 11.8 Å². The number of likely N-dealkylation sites (tertiary alicyclic amines) is 1. The highest BCUT2D eigenvalue weighted by atomic mass is 32.2. The van der Waals surface area contributed by atoms with E-state index < -0.39 is 24.3 Å². The van der Waals surface area contributed by atoms with Crippen LogP contribution in [0.15, 0.2) is 132 Å². The van der Waals surface area contributed by atoms with Gasteiger partial charge in [-0.1, -0.05) is 116 Å². The molecule has 2 aliphatic rings. The van der Waals surface area contributed by atoms with Crippen LogP contribution in [-0.4, -0.2) is 52.9 Å². The Kier molecular flexibility index (Phi) is 12.5. The predicted molar refractivity (Wildman–Crippen MR) is 212 cm³/mol. The summed E-state index contributed by atoms with van der Waals surface area (Å²) in [4.78, 5) is 40.7. The molecule has 2 saturated heterocycles. The molecular formula is C45H44N2O8S. The highest BCUT2D eigenvalue weighted by molar-refractivity contribution is 7.99. The normalized spacial score (nSPS) is 20.8. The van der Waals surface area contributed by atoms with Crippen molar-refractivity contribution in [3.05, 3.63) is 155 Å². The molecule has 5 atom stereocenters. The smallest absolute Gasteiger partial charge is 0.408 e. The number of imide groups is 1. The first-order valence-electron chi connectivity index (χ1n) is 18.6. The monoisotopic (exact) mass is 772 g/mol. The zero-order valence-electron chi connectivity index (χ0n) is 31.2. The summed E-state index contributed by atoms with van der Waals surface area (Å²) in [5.74, 6) is 0.715. The highest BCUT2D eigenvalue weighted by Crippen LogP contribution is 2.44. The van der Waals surface area contributed by atoms with Gasteiger partial charge in [0, 0.05) is 22.1 Å². The molecule has 0 radical (unpaired) electrons. The summed E-state index contributed by atoms with van der Waals surface area (Å²) in [6.07, 6.45) is -1.89. The Morgan fingerprint density at radius 3 is 2.29 bits per heavy atom. The molecule has 11 heteroatoms. The van der Waals surface area contributed by atoms with Crippen molar-refractivity contribution in [2.45, 2.75) is 62.5 Å². The molecule has 0 aromatic heterocycles. The molecule has 56 heavy (non-hydrogen) atoms. The van der Waals surface area contributed by atoms with Gasteiger partial charge >= 0.3 is 6.09 Å². The van der Waals surface area contributed by atoms with Crippen molar-refractivity contribution in [1.29, 1.82) is 0 Å². The minimum atomic E-state index is -0.979. The van der Waals surface area contributed by atoms with E-state index in [0.29, 0.717) is 5.75 Å². The van der Waals surface area contributed by atoms with Gasteiger partial charge in [-0.05, 0) is 51.6 Å². The van der Waals surface area contributed by atoms with Crippen molar-refractivity contribution < 1.29 is 38.4 Å². The predicted octanol–water partition coefficient (Wildman–Crippen LogP) is 7.99. The molecular weight excluding hydrogens is 729 g/mol. The second-order valence-corrected chi connectivity index (χ2v) is 14.9. The third-order valence-electron chi connectivity index (χ3n) is 10.1. The van der Waals surface area contributed by atoms with E-state index in [0.717, 1.165) is 49.6 Å². The fraction of sp³-hybridized carbons (Fsp3) is 0.267. The second kappa shape index (κ2) is 18.0. The van der Waals surface area contributed by atoms with Crippen LogP contribution in [0.5, 0.6) is 5.75 Å². The van der Waals surface area contributed by atoms with Crippen LogP contribution in [-0.2, 0) is 43.6 Å². The first-order valence-corrected chi connectivity index (χ1v) is 19.5. The molecule has 0 bridgehead atoms. The molecule has 3 amide bonds. The molecule has 5 unspecified atom stereocenters. The summed E-state index contributed by atoms with van der Waals surface area (Å²) in [5.41, 5.74) is 6.18. The third kappa shape index (κ3) is 9.14. The van der Waals surface area contributed by atoms with E-state index in [1.807, 2.05) is 127 Å². The largest absolute Gasteiger partial charge is 0.496 e. The Morgan fingerprint density at radius 1 is 0.821 bits per heavy atom. The number of para-hydroxylation sites is 1. The van der Waals surface area contributed by atoms with Gasteiger partial charge in [-0.25, -0.2) is 4.79 Å². The van der Waals surface area contributed by atoms with Gasteiger partial charge < -0.3 is 29.4 Å². The van der Waals surface area contributed by atoms with Gasteiger partial charge in [0.1, 0.15) is 18.4 Å². The van der Waals surface area contributed by atoms with Crippen molar-refractivity contribution in [2.75, 3.05) is 12.9 Å². The molecule has 0 saturated carbocycles. The van der Waals surface area contributed by atoms with Crippen LogP contribution in [0.1, 0.15) is 53.6 Å². The van der Waals surface area contributed by atoms with Gasteiger partial charge in [-0.3, -0.25) is 14.5 Å². The number of carbonyl (C=O) groups is 3. The van der Waals surface area contributed by atoms with Crippen molar-refractivity contribution in [3.8, 4) is 16.9 Å². The van der Waals surface area contributed by atoms with Crippen LogP contribution < -0.4 is 10.1 Å². The molecule has 2 heterocycles. The number of benzene rings is 5. The Hall–Kier alpha value is -5.46. The number of alkyl carbamates (subject to hydrolysis) is 1. The number of nitrogens with zero attached hydrogens (tertiary/aromatic N) is 1. The highest BCUT2D eigenvalue weighted by Gasteiger charge is 2.40. The standard InChI is InChI=1S/C45H44N2O8S/c1-29-39(28-56-40-14-7-6-13-38(40)52-2)54-44(55-42(29)34-17-15-30(26-48)16-18-34)35-21-19-33(20-22-35)36-12-8-11-32(23-36)25-47-41(49)24-37(43(47)50)46-45(51)53-27-31-9-4-3-5-10-31/h3-23,29,37,39,42,44,48H,24-28H2,1-2H3,(H,46,51). The molecule has 10 nitrogen and oxygen atoms in total.